The Morgan fingerprint density at radius 1 is 1.47 bits per heavy atom. The van der Waals surface area contributed by atoms with E-state index in [0.717, 1.165) is 4.57 Å². The van der Waals surface area contributed by atoms with Crippen LogP contribution in [0.15, 0.2) is 12.5 Å². The molecule has 1 aromatic heterocycles. The number of aromatic nitrogens is 2. The third kappa shape index (κ3) is 4.54. The first-order chi connectivity index (χ1) is 7.78. The summed E-state index contributed by atoms with van der Waals surface area (Å²) in [5, 5.41) is 8.39. The third-order valence-electron chi connectivity index (χ3n) is 1.51. The van der Waals surface area contributed by atoms with Crippen LogP contribution in [0, 0.1) is 0 Å². The first-order valence-corrected chi connectivity index (χ1v) is 4.90. The number of carboxylic acids is 1. The lowest BCUT2D eigenvalue weighted by molar-refractivity contribution is -0.139. The van der Waals surface area contributed by atoms with Gasteiger partial charge in [-0.15, -0.1) is 0 Å². The van der Waals surface area contributed by atoms with Crippen molar-refractivity contribution < 1.29 is 24.2 Å². The van der Waals surface area contributed by atoms with Crippen LogP contribution in [0.2, 0.25) is 0 Å². The number of nitrogens with zero attached hydrogens (tertiary/aromatic N) is 2. The average Bonchev–Trinajstić information content (AvgIpc) is 2.60. The lowest BCUT2D eigenvalue weighted by Gasteiger charge is -2.18. The Bertz CT molecular complexity index is 419. The van der Waals surface area contributed by atoms with Crippen LogP contribution >= 0.6 is 0 Å². The number of carbonyl (C=O) groups excluding carboxylic acids is 1. The first-order valence-electron chi connectivity index (χ1n) is 4.90. The minimum absolute atomic E-state index is 0.0539. The van der Waals surface area contributed by atoms with Gasteiger partial charge in [0, 0.05) is 0 Å². The van der Waals surface area contributed by atoms with Crippen molar-refractivity contribution in [1.82, 2.24) is 9.55 Å². The van der Waals surface area contributed by atoms with Crippen molar-refractivity contribution in [2.45, 2.75) is 26.4 Å². The van der Waals surface area contributed by atoms with Gasteiger partial charge in [0.25, 0.3) is 0 Å². The highest BCUT2D eigenvalue weighted by molar-refractivity contribution is 5.71. The van der Waals surface area contributed by atoms with E-state index < -0.39 is 24.3 Å². The number of hydrogen-bond donors (Lipinski definition) is 1. The summed E-state index contributed by atoms with van der Waals surface area (Å²) in [6.45, 7) is 4.71. The Hall–Kier alpha value is -2.05. The number of carbonyl (C=O) groups is 2. The average molecular weight is 242 g/mol. The van der Waals surface area contributed by atoms with E-state index in [4.69, 9.17) is 14.6 Å². The molecule has 94 valence electrons. The molecular weight excluding hydrogens is 228 g/mol. The van der Waals surface area contributed by atoms with Crippen molar-refractivity contribution in [2.75, 3.05) is 6.61 Å². The molecule has 7 heteroatoms. The smallest absolute Gasteiger partial charge is 0.419 e. The molecule has 0 aromatic carbocycles. The van der Waals surface area contributed by atoms with E-state index >= 15 is 0 Å². The predicted molar refractivity (Wildman–Crippen MR) is 57.0 cm³/mol. The first kappa shape index (κ1) is 13.0. The molecule has 1 rings (SSSR count). The molecule has 0 unspecified atom stereocenters. The second-order valence-electron chi connectivity index (χ2n) is 4.28. The Labute approximate surface area is 98.0 Å². The topological polar surface area (TPSA) is 90.7 Å². The van der Waals surface area contributed by atoms with Gasteiger partial charge in [-0.05, 0) is 20.8 Å². The zero-order chi connectivity index (χ0) is 13.1. The molecule has 0 saturated heterocycles. The second kappa shape index (κ2) is 4.86. The molecule has 7 nitrogen and oxygen atoms in total. The fourth-order valence-electron chi connectivity index (χ4n) is 0.929. The second-order valence-corrected chi connectivity index (χ2v) is 4.28. The number of aliphatic carboxylic acids is 1. The maximum absolute atomic E-state index is 11.5. The van der Waals surface area contributed by atoms with Crippen molar-refractivity contribution in [2.24, 2.45) is 0 Å². The molecule has 17 heavy (non-hydrogen) atoms. The van der Waals surface area contributed by atoms with Crippen molar-refractivity contribution in [3.05, 3.63) is 12.5 Å². The van der Waals surface area contributed by atoms with Gasteiger partial charge in [0.15, 0.2) is 6.61 Å². The molecule has 0 bridgehead atoms. The molecule has 0 spiro atoms. The van der Waals surface area contributed by atoms with Crippen LogP contribution < -0.4 is 4.74 Å². The molecule has 0 amide bonds. The van der Waals surface area contributed by atoms with Gasteiger partial charge in [-0.1, -0.05) is 0 Å². The number of ether oxygens (including phenoxy) is 2. The SMILES string of the molecule is CC(C)(C)OC(=O)n1cnc(OCC(=O)O)c1. The monoisotopic (exact) mass is 242 g/mol. The van der Waals surface area contributed by atoms with Crippen molar-refractivity contribution in [3.63, 3.8) is 0 Å². The van der Waals surface area contributed by atoms with Crippen LogP contribution in [0.1, 0.15) is 20.8 Å². The molecule has 0 aliphatic carbocycles. The fourth-order valence-corrected chi connectivity index (χ4v) is 0.929. The molecular formula is C10H14N2O5. The summed E-state index contributed by atoms with van der Waals surface area (Å²) in [7, 11) is 0. The standard InChI is InChI=1S/C10H14N2O5/c1-10(2,3)17-9(15)12-4-7(11-6-12)16-5-8(13)14/h4,6H,5H2,1-3H3,(H,13,14). The van der Waals surface area contributed by atoms with Crippen molar-refractivity contribution >= 4 is 12.1 Å². The Morgan fingerprint density at radius 2 is 2.12 bits per heavy atom. The summed E-state index contributed by atoms with van der Waals surface area (Å²) < 4.78 is 10.9. The number of rotatable bonds is 3. The molecule has 1 aromatic rings. The van der Waals surface area contributed by atoms with Crippen molar-refractivity contribution in [1.29, 1.82) is 0 Å². The molecule has 1 N–H and O–H groups in total. The van der Waals surface area contributed by atoms with Gasteiger partial charge in [-0.25, -0.2) is 19.1 Å². The summed E-state index contributed by atoms with van der Waals surface area (Å²) in [6, 6.07) is 0. The van der Waals surface area contributed by atoms with E-state index in [-0.39, 0.29) is 5.88 Å². The largest absolute Gasteiger partial charge is 0.479 e. The number of hydrogen-bond acceptors (Lipinski definition) is 5. The van der Waals surface area contributed by atoms with Crippen LogP contribution in [0.3, 0.4) is 0 Å². The summed E-state index contributed by atoms with van der Waals surface area (Å²) >= 11 is 0. The fraction of sp³-hybridized carbons (Fsp3) is 0.500. The van der Waals surface area contributed by atoms with Gasteiger partial charge in [0.2, 0.25) is 5.88 Å². The van der Waals surface area contributed by atoms with Gasteiger partial charge in [0.1, 0.15) is 11.9 Å². The zero-order valence-corrected chi connectivity index (χ0v) is 9.84. The quantitative estimate of drug-likeness (QED) is 0.854. The van der Waals surface area contributed by atoms with Crippen LogP contribution in [0.25, 0.3) is 0 Å². The summed E-state index contributed by atoms with van der Waals surface area (Å²) in [5.74, 6) is -1.06. The van der Waals surface area contributed by atoms with Crippen LogP contribution in [-0.4, -0.2) is 38.9 Å². The highest BCUT2D eigenvalue weighted by Crippen LogP contribution is 2.11. The molecule has 0 aliphatic heterocycles. The molecule has 0 aliphatic rings. The van der Waals surface area contributed by atoms with Crippen LogP contribution in [-0.2, 0) is 9.53 Å². The minimum Gasteiger partial charge on any atom is -0.479 e. The van der Waals surface area contributed by atoms with Crippen LogP contribution in [0.5, 0.6) is 5.88 Å². The van der Waals surface area contributed by atoms with E-state index in [9.17, 15) is 9.59 Å². The van der Waals surface area contributed by atoms with E-state index in [1.807, 2.05) is 0 Å². The third-order valence-corrected chi connectivity index (χ3v) is 1.51. The molecule has 0 fully saturated rings. The van der Waals surface area contributed by atoms with E-state index in [0.29, 0.717) is 0 Å². The minimum atomic E-state index is -1.11. The van der Waals surface area contributed by atoms with Gasteiger partial charge in [-0.2, -0.15) is 0 Å². The summed E-state index contributed by atoms with van der Waals surface area (Å²) in [5.41, 5.74) is -0.608. The van der Waals surface area contributed by atoms with Crippen LogP contribution in [0.4, 0.5) is 4.79 Å². The molecule has 0 saturated carbocycles. The summed E-state index contributed by atoms with van der Waals surface area (Å²) in [6.07, 6.45) is 1.86. The normalized spacial score (nSPS) is 11.0. The lowest BCUT2D eigenvalue weighted by atomic mass is 10.2. The lowest BCUT2D eigenvalue weighted by Crippen LogP contribution is -2.26. The Balaban J connectivity index is 2.61. The molecule has 1 heterocycles. The molecule has 0 radical (unpaired) electrons. The van der Waals surface area contributed by atoms with Gasteiger partial charge in [0.05, 0.1) is 6.20 Å². The molecule has 0 atom stereocenters. The maximum Gasteiger partial charge on any atom is 0.419 e. The Morgan fingerprint density at radius 3 is 2.65 bits per heavy atom. The van der Waals surface area contributed by atoms with Crippen molar-refractivity contribution in [3.8, 4) is 5.88 Å². The van der Waals surface area contributed by atoms with E-state index in [2.05, 4.69) is 4.98 Å². The zero-order valence-electron chi connectivity index (χ0n) is 9.84. The van der Waals surface area contributed by atoms with E-state index in [1.165, 1.54) is 12.5 Å². The summed E-state index contributed by atoms with van der Waals surface area (Å²) in [4.78, 5) is 25.5. The Kier molecular flexibility index (Phi) is 3.72. The van der Waals surface area contributed by atoms with E-state index in [1.54, 1.807) is 20.8 Å². The van der Waals surface area contributed by atoms with Gasteiger partial charge >= 0.3 is 12.1 Å². The number of imidazole rings is 1. The number of carboxylic acid groups (broad SMARTS) is 1. The van der Waals surface area contributed by atoms with Gasteiger partial charge < -0.3 is 14.6 Å². The van der Waals surface area contributed by atoms with Gasteiger partial charge in [-0.3, -0.25) is 0 Å². The highest BCUT2D eigenvalue weighted by atomic mass is 16.6. The predicted octanol–water partition coefficient (Wildman–Crippen LogP) is 1.13. The maximum atomic E-state index is 11.5. The highest BCUT2D eigenvalue weighted by Gasteiger charge is 2.18.